The molecule has 0 fully saturated rings. The van der Waals surface area contributed by atoms with Crippen LogP contribution in [-0.2, 0) is 0 Å². The monoisotopic (exact) mass is 327 g/mol. The molecule has 2 aromatic rings. The first kappa shape index (κ1) is 12.7. The van der Waals surface area contributed by atoms with Crippen LogP contribution in [0.3, 0.4) is 0 Å². The van der Waals surface area contributed by atoms with E-state index in [0.29, 0.717) is 4.88 Å². The Bertz CT molecular complexity index is 565. The molecule has 0 bridgehead atoms. The Morgan fingerprint density at radius 2 is 2.18 bits per heavy atom. The maximum atomic E-state index is 11.9. The number of thiophene rings is 1. The van der Waals surface area contributed by atoms with Gasteiger partial charge in [-0.3, -0.25) is 4.79 Å². The molecule has 0 aliphatic heterocycles. The number of benzene rings is 1. The van der Waals surface area contributed by atoms with Crippen LogP contribution in [0.5, 0.6) is 0 Å². The standard InChI is InChI=1S/C12H10BrNOS2/c1-7-2-3-8(13)4-10(7)14-12(15)11-5-9(16)6-17-11/h2-6,16H,1H3,(H,14,15). The Hall–Kier alpha value is -0.780. The number of hydrogen-bond donors (Lipinski definition) is 2. The molecule has 0 saturated heterocycles. The van der Waals surface area contributed by atoms with Crippen LogP contribution in [0.2, 0.25) is 0 Å². The summed E-state index contributed by atoms with van der Waals surface area (Å²) in [7, 11) is 0. The fraction of sp³-hybridized carbons (Fsp3) is 0.0833. The predicted octanol–water partition coefficient (Wildman–Crippen LogP) is 4.36. The van der Waals surface area contributed by atoms with E-state index in [1.54, 1.807) is 6.07 Å². The number of amides is 1. The van der Waals surface area contributed by atoms with Gasteiger partial charge in [0, 0.05) is 20.4 Å². The molecule has 1 amide bonds. The van der Waals surface area contributed by atoms with Crippen LogP contribution in [0.4, 0.5) is 5.69 Å². The van der Waals surface area contributed by atoms with Crippen molar-refractivity contribution in [3.8, 4) is 0 Å². The highest BCUT2D eigenvalue weighted by molar-refractivity contribution is 9.10. The molecule has 0 radical (unpaired) electrons. The van der Waals surface area contributed by atoms with Crippen molar-refractivity contribution in [1.82, 2.24) is 0 Å². The van der Waals surface area contributed by atoms with Crippen molar-refractivity contribution >= 4 is 51.5 Å². The summed E-state index contributed by atoms with van der Waals surface area (Å²) in [5.41, 5.74) is 1.85. The van der Waals surface area contributed by atoms with Gasteiger partial charge in [0.25, 0.3) is 5.91 Å². The van der Waals surface area contributed by atoms with Crippen LogP contribution >= 0.6 is 39.9 Å². The Morgan fingerprint density at radius 3 is 2.82 bits per heavy atom. The first-order valence-electron chi connectivity index (χ1n) is 4.91. The Balaban J connectivity index is 2.21. The molecular formula is C12H10BrNOS2. The molecule has 0 unspecified atom stereocenters. The minimum atomic E-state index is -0.100. The number of rotatable bonds is 2. The first-order valence-corrected chi connectivity index (χ1v) is 7.03. The van der Waals surface area contributed by atoms with E-state index in [9.17, 15) is 4.79 Å². The quantitative estimate of drug-likeness (QED) is 0.788. The molecule has 5 heteroatoms. The Kier molecular flexibility index (Phi) is 3.91. The zero-order valence-corrected chi connectivity index (χ0v) is 12.3. The Morgan fingerprint density at radius 1 is 1.41 bits per heavy atom. The smallest absolute Gasteiger partial charge is 0.265 e. The van der Waals surface area contributed by atoms with E-state index in [1.807, 2.05) is 30.5 Å². The summed E-state index contributed by atoms with van der Waals surface area (Å²) in [6.45, 7) is 1.96. The molecule has 2 nitrogen and oxygen atoms in total. The van der Waals surface area contributed by atoms with Gasteiger partial charge in [-0.25, -0.2) is 0 Å². The average molecular weight is 328 g/mol. The number of anilines is 1. The van der Waals surface area contributed by atoms with Gasteiger partial charge >= 0.3 is 0 Å². The minimum Gasteiger partial charge on any atom is -0.321 e. The van der Waals surface area contributed by atoms with E-state index in [1.165, 1.54) is 11.3 Å². The normalized spacial score (nSPS) is 10.3. The van der Waals surface area contributed by atoms with Gasteiger partial charge in [0.05, 0.1) is 4.88 Å². The molecule has 1 aromatic heterocycles. The number of thiol groups is 1. The number of nitrogens with one attached hydrogen (secondary N) is 1. The van der Waals surface area contributed by atoms with Crippen molar-refractivity contribution < 1.29 is 4.79 Å². The van der Waals surface area contributed by atoms with Crippen molar-refractivity contribution in [2.75, 3.05) is 5.32 Å². The van der Waals surface area contributed by atoms with Crippen LogP contribution in [-0.4, -0.2) is 5.91 Å². The van der Waals surface area contributed by atoms with Crippen molar-refractivity contribution in [2.45, 2.75) is 11.8 Å². The van der Waals surface area contributed by atoms with Crippen LogP contribution in [0.15, 0.2) is 39.0 Å². The third-order valence-electron chi connectivity index (χ3n) is 2.26. The van der Waals surface area contributed by atoms with Gasteiger partial charge in [0.15, 0.2) is 0 Å². The topological polar surface area (TPSA) is 29.1 Å². The summed E-state index contributed by atoms with van der Waals surface area (Å²) in [6, 6.07) is 7.55. The summed E-state index contributed by atoms with van der Waals surface area (Å²) < 4.78 is 0.944. The fourth-order valence-electron chi connectivity index (χ4n) is 1.36. The lowest BCUT2D eigenvalue weighted by atomic mass is 10.2. The van der Waals surface area contributed by atoms with Crippen LogP contribution in [0.1, 0.15) is 15.2 Å². The van der Waals surface area contributed by atoms with Crippen molar-refractivity contribution in [1.29, 1.82) is 0 Å². The molecule has 0 saturated carbocycles. The molecule has 0 aliphatic rings. The van der Waals surface area contributed by atoms with E-state index >= 15 is 0 Å². The maximum Gasteiger partial charge on any atom is 0.265 e. The molecule has 0 atom stereocenters. The summed E-state index contributed by atoms with van der Waals surface area (Å²) in [5.74, 6) is -0.100. The van der Waals surface area contributed by atoms with Crippen LogP contribution < -0.4 is 5.32 Å². The Labute approximate surface area is 118 Å². The average Bonchev–Trinajstić information content (AvgIpc) is 2.70. The van der Waals surface area contributed by atoms with Gasteiger partial charge in [0.1, 0.15) is 0 Å². The van der Waals surface area contributed by atoms with Gasteiger partial charge in [0.2, 0.25) is 0 Å². The van der Waals surface area contributed by atoms with E-state index in [-0.39, 0.29) is 5.91 Å². The second-order valence-corrected chi connectivity index (χ2v) is 5.93. The zero-order valence-electron chi connectivity index (χ0n) is 9.03. The minimum absolute atomic E-state index is 0.100. The van der Waals surface area contributed by atoms with Crippen LogP contribution in [0.25, 0.3) is 0 Å². The zero-order chi connectivity index (χ0) is 12.4. The summed E-state index contributed by atoms with van der Waals surface area (Å²) in [6.07, 6.45) is 0. The lowest BCUT2D eigenvalue weighted by Gasteiger charge is -2.07. The van der Waals surface area contributed by atoms with E-state index in [2.05, 4.69) is 33.9 Å². The van der Waals surface area contributed by atoms with Gasteiger partial charge in [-0.05, 0) is 30.7 Å². The number of carbonyl (C=O) groups is 1. The number of halogens is 1. The lowest BCUT2D eigenvalue weighted by Crippen LogP contribution is -2.11. The SMILES string of the molecule is Cc1ccc(Br)cc1NC(=O)c1cc(S)cs1. The molecule has 1 aromatic carbocycles. The van der Waals surface area contributed by atoms with Crippen molar-refractivity contribution in [3.05, 3.63) is 44.6 Å². The third-order valence-corrected chi connectivity index (χ3v) is 4.11. The summed E-state index contributed by atoms with van der Waals surface area (Å²) in [4.78, 5) is 13.4. The fourth-order valence-corrected chi connectivity index (χ4v) is 2.76. The number of aryl methyl sites for hydroxylation is 1. The molecular weight excluding hydrogens is 318 g/mol. The molecule has 0 aliphatic carbocycles. The maximum absolute atomic E-state index is 11.9. The summed E-state index contributed by atoms with van der Waals surface area (Å²) in [5, 5.41) is 4.73. The van der Waals surface area contributed by atoms with E-state index in [4.69, 9.17) is 0 Å². The van der Waals surface area contributed by atoms with Gasteiger partial charge in [-0.1, -0.05) is 22.0 Å². The molecule has 0 spiro atoms. The highest BCUT2D eigenvalue weighted by Gasteiger charge is 2.10. The largest absolute Gasteiger partial charge is 0.321 e. The highest BCUT2D eigenvalue weighted by atomic mass is 79.9. The predicted molar refractivity (Wildman–Crippen MR) is 78.4 cm³/mol. The van der Waals surface area contributed by atoms with Crippen molar-refractivity contribution in [3.63, 3.8) is 0 Å². The molecule has 17 heavy (non-hydrogen) atoms. The number of carbonyl (C=O) groups excluding carboxylic acids is 1. The second-order valence-electron chi connectivity index (χ2n) is 3.58. The lowest BCUT2D eigenvalue weighted by molar-refractivity contribution is 0.103. The highest BCUT2D eigenvalue weighted by Crippen LogP contribution is 2.23. The van der Waals surface area contributed by atoms with Gasteiger partial charge in [-0.15, -0.1) is 24.0 Å². The molecule has 88 valence electrons. The molecule has 1 N–H and O–H groups in total. The summed E-state index contributed by atoms with van der Waals surface area (Å²) >= 11 is 8.96. The number of hydrogen-bond acceptors (Lipinski definition) is 3. The molecule has 1 heterocycles. The van der Waals surface area contributed by atoms with E-state index < -0.39 is 0 Å². The van der Waals surface area contributed by atoms with Gasteiger partial charge < -0.3 is 5.32 Å². The van der Waals surface area contributed by atoms with E-state index in [0.717, 1.165) is 20.6 Å². The molecule has 2 rings (SSSR count). The third kappa shape index (κ3) is 3.12. The van der Waals surface area contributed by atoms with Crippen LogP contribution in [0, 0.1) is 6.92 Å². The van der Waals surface area contributed by atoms with Crippen molar-refractivity contribution in [2.24, 2.45) is 0 Å². The first-order chi connectivity index (χ1) is 8.06. The van der Waals surface area contributed by atoms with Gasteiger partial charge in [-0.2, -0.15) is 0 Å². The second kappa shape index (κ2) is 5.25.